The number of rotatable bonds is 6. The Balaban J connectivity index is 1.43. The molecule has 126 valence electrons. The molecule has 1 aromatic carbocycles. The topological polar surface area (TPSA) is 59.6 Å². The molecule has 0 aromatic heterocycles. The van der Waals surface area contributed by atoms with Crippen molar-refractivity contribution in [3.05, 3.63) is 35.9 Å². The molecule has 2 N–H and O–H groups in total. The molecule has 3 atom stereocenters. The number of ether oxygens (including phenoxy) is 2. The summed E-state index contributed by atoms with van der Waals surface area (Å²) in [7, 11) is 1.66. The molecule has 1 aromatic rings. The van der Waals surface area contributed by atoms with Crippen LogP contribution in [0, 0.1) is 5.92 Å². The highest BCUT2D eigenvalue weighted by Gasteiger charge is 2.36. The first-order valence-corrected chi connectivity index (χ1v) is 8.50. The predicted octanol–water partition coefficient (Wildman–Crippen LogP) is 2.63. The van der Waals surface area contributed by atoms with E-state index in [2.05, 4.69) is 10.6 Å². The summed E-state index contributed by atoms with van der Waals surface area (Å²) in [5.41, 5.74) is 1.06. The molecule has 5 nitrogen and oxygen atoms in total. The van der Waals surface area contributed by atoms with Gasteiger partial charge < -0.3 is 20.1 Å². The monoisotopic (exact) mass is 318 g/mol. The van der Waals surface area contributed by atoms with E-state index in [0.29, 0.717) is 12.6 Å². The van der Waals surface area contributed by atoms with E-state index in [-0.39, 0.29) is 18.2 Å². The quantitative estimate of drug-likeness (QED) is 0.848. The van der Waals surface area contributed by atoms with Gasteiger partial charge in [-0.3, -0.25) is 0 Å². The van der Waals surface area contributed by atoms with Gasteiger partial charge >= 0.3 is 6.03 Å². The van der Waals surface area contributed by atoms with Gasteiger partial charge in [0.05, 0.1) is 12.2 Å². The van der Waals surface area contributed by atoms with Crippen molar-refractivity contribution >= 4 is 6.03 Å². The van der Waals surface area contributed by atoms with Gasteiger partial charge in [0.25, 0.3) is 0 Å². The Labute approximate surface area is 137 Å². The molecular weight excluding hydrogens is 292 g/mol. The zero-order chi connectivity index (χ0) is 16.1. The fraction of sp³-hybridized carbons (Fsp3) is 0.611. The van der Waals surface area contributed by atoms with Crippen LogP contribution in [0.15, 0.2) is 30.3 Å². The van der Waals surface area contributed by atoms with E-state index in [0.717, 1.165) is 30.9 Å². The van der Waals surface area contributed by atoms with Gasteiger partial charge in [0.15, 0.2) is 0 Å². The third-order valence-corrected chi connectivity index (χ3v) is 4.70. The average molecular weight is 318 g/mol. The molecule has 23 heavy (non-hydrogen) atoms. The van der Waals surface area contributed by atoms with Gasteiger partial charge in [-0.1, -0.05) is 30.3 Å². The Hall–Kier alpha value is -1.59. The highest BCUT2D eigenvalue weighted by molar-refractivity contribution is 5.74. The number of amides is 2. The maximum Gasteiger partial charge on any atom is 0.315 e. The minimum Gasteiger partial charge on any atom is -0.378 e. The summed E-state index contributed by atoms with van der Waals surface area (Å²) in [6.07, 6.45) is 4.58. The smallest absolute Gasteiger partial charge is 0.315 e. The second kappa shape index (κ2) is 7.79. The lowest BCUT2D eigenvalue weighted by molar-refractivity contribution is -0.00921. The Morgan fingerprint density at radius 3 is 2.78 bits per heavy atom. The second-order valence-electron chi connectivity index (χ2n) is 6.46. The Bertz CT molecular complexity index is 504. The minimum atomic E-state index is -0.129. The van der Waals surface area contributed by atoms with Gasteiger partial charge in [-0.2, -0.15) is 0 Å². The van der Waals surface area contributed by atoms with Crippen LogP contribution >= 0.6 is 0 Å². The van der Waals surface area contributed by atoms with Crippen molar-refractivity contribution in [2.75, 3.05) is 20.3 Å². The number of nitrogens with one attached hydrogen (secondary N) is 2. The van der Waals surface area contributed by atoms with E-state index in [1.54, 1.807) is 7.11 Å². The number of hydrogen-bond donors (Lipinski definition) is 2. The lowest BCUT2D eigenvalue weighted by atomic mass is 10.0. The van der Waals surface area contributed by atoms with Crippen molar-refractivity contribution in [1.82, 2.24) is 10.6 Å². The van der Waals surface area contributed by atoms with Crippen LogP contribution in [0.2, 0.25) is 0 Å². The van der Waals surface area contributed by atoms with Gasteiger partial charge in [0.2, 0.25) is 0 Å². The largest absolute Gasteiger partial charge is 0.378 e. The molecule has 0 bridgehead atoms. The summed E-state index contributed by atoms with van der Waals surface area (Å²) in [6, 6.07) is 10.0. The Morgan fingerprint density at radius 1 is 1.30 bits per heavy atom. The highest BCUT2D eigenvalue weighted by Crippen LogP contribution is 2.38. The molecular formula is C18H26N2O3. The van der Waals surface area contributed by atoms with Crippen molar-refractivity contribution in [2.24, 2.45) is 5.92 Å². The van der Waals surface area contributed by atoms with Crippen LogP contribution in [0.3, 0.4) is 0 Å². The van der Waals surface area contributed by atoms with Crippen molar-refractivity contribution in [2.45, 2.75) is 43.9 Å². The molecule has 1 saturated heterocycles. The van der Waals surface area contributed by atoms with Gasteiger partial charge in [-0.05, 0) is 37.2 Å². The van der Waals surface area contributed by atoms with E-state index < -0.39 is 0 Å². The van der Waals surface area contributed by atoms with Crippen LogP contribution < -0.4 is 10.6 Å². The molecule has 2 fully saturated rings. The SMILES string of the molecule is CO[C@H](CNC(=O)N[C@H]1CCO[C@@H](C2CC2)C1)c1ccccc1. The normalized spacial score (nSPS) is 25.6. The van der Waals surface area contributed by atoms with E-state index in [1.807, 2.05) is 30.3 Å². The van der Waals surface area contributed by atoms with Gasteiger partial charge in [-0.15, -0.1) is 0 Å². The van der Waals surface area contributed by atoms with Crippen molar-refractivity contribution < 1.29 is 14.3 Å². The number of hydrogen-bond acceptors (Lipinski definition) is 3. The van der Waals surface area contributed by atoms with Crippen molar-refractivity contribution in [3.63, 3.8) is 0 Å². The molecule has 3 rings (SSSR count). The zero-order valence-electron chi connectivity index (χ0n) is 13.7. The van der Waals surface area contributed by atoms with Crippen LogP contribution in [0.1, 0.15) is 37.4 Å². The summed E-state index contributed by atoms with van der Waals surface area (Å²) in [5.74, 6) is 0.721. The van der Waals surface area contributed by atoms with Crippen LogP contribution in [0.4, 0.5) is 4.79 Å². The molecule has 2 amide bonds. The first-order valence-electron chi connectivity index (χ1n) is 8.50. The number of carbonyl (C=O) groups excluding carboxylic acids is 1. The van der Waals surface area contributed by atoms with E-state index >= 15 is 0 Å². The van der Waals surface area contributed by atoms with E-state index in [1.165, 1.54) is 12.8 Å². The summed E-state index contributed by atoms with van der Waals surface area (Å²) >= 11 is 0. The number of methoxy groups -OCH3 is 1. The minimum absolute atomic E-state index is 0.121. The van der Waals surface area contributed by atoms with Crippen LogP contribution in [0.25, 0.3) is 0 Å². The standard InChI is InChI=1S/C18H26N2O3/c1-22-17(13-5-3-2-4-6-13)12-19-18(21)20-15-9-10-23-16(11-15)14-7-8-14/h2-6,14-17H,7-12H2,1H3,(H2,19,20,21)/t15-,16+,17+/m0/s1. The first-order chi connectivity index (χ1) is 11.3. The maximum atomic E-state index is 12.1. The molecule has 5 heteroatoms. The molecule has 1 aliphatic carbocycles. The van der Waals surface area contributed by atoms with Gasteiger partial charge in [0.1, 0.15) is 0 Å². The molecule has 2 aliphatic rings. The molecule has 0 radical (unpaired) electrons. The van der Waals surface area contributed by atoms with Crippen molar-refractivity contribution in [3.8, 4) is 0 Å². The molecule has 1 saturated carbocycles. The summed E-state index contributed by atoms with van der Waals surface area (Å²) in [4.78, 5) is 12.1. The number of carbonyl (C=O) groups is 1. The van der Waals surface area contributed by atoms with E-state index in [9.17, 15) is 4.79 Å². The first kappa shape index (κ1) is 16.3. The Morgan fingerprint density at radius 2 is 2.09 bits per heavy atom. The summed E-state index contributed by atoms with van der Waals surface area (Å²) in [6.45, 7) is 1.21. The molecule has 1 aliphatic heterocycles. The fourth-order valence-corrected chi connectivity index (χ4v) is 3.18. The van der Waals surface area contributed by atoms with Crippen LogP contribution in [0.5, 0.6) is 0 Å². The predicted molar refractivity (Wildman–Crippen MR) is 88.2 cm³/mol. The third-order valence-electron chi connectivity index (χ3n) is 4.70. The Kier molecular flexibility index (Phi) is 5.51. The molecule has 0 unspecified atom stereocenters. The third kappa shape index (κ3) is 4.69. The fourth-order valence-electron chi connectivity index (χ4n) is 3.18. The van der Waals surface area contributed by atoms with Crippen molar-refractivity contribution in [1.29, 1.82) is 0 Å². The maximum absolute atomic E-state index is 12.1. The lowest BCUT2D eigenvalue weighted by Gasteiger charge is -2.30. The van der Waals surface area contributed by atoms with Gasteiger partial charge in [-0.25, -0.2) is 4.79 Å². The molecule has 0 spiro atoms. The van der Waals surface area contributed by atoms with E-state index in [4.69, 9.17) is 9.47 Å². The summed E-state index contributed by atoms with van der Waals surface area (Å²) < 4.78 is 11.3. The van der Waals surface area contributed by atoms with Gasteiger partial charge in [0, 0.05) is 26.3 Å². The van der Waals surface area contributed by atoms with Crippen LogP contribution in [-0.2, 0) is 9.47 Å². The van der Waals surface area contributed by atoms with Crippen LogP contribution in [-0.4, -0.2) is 38.4 Å². The molecule has 1 heterocycles. The average Bonchev–Trinajstić information content (AvgIpc) is 3.42. The lowest BCUT2D eigenvalue weighted by Crippen LogP contribution is -2.47. The number of urea groups is 1. The second-order valence-corrected chi connectivity index (χ2v) is 6.46. The zero-order valence-corrected chi connectivity index (χ0v) is 13.7. The highest BCUT2D eigenvalue weighted by atomic mass is 16.5. The summed E-state index contributed by atoms with van der Waals surface area (Å²) in [5, 5.41) is 6.00. The number of benzene rings is 1.